The van der Waals surface area contributed by atoms with Crippen LogP contribution < -0.4 is 10.9 Å². The van der Waals surface area contributed by atoms with Crippen molar-refractivity contribution in [3.05, 3.63) is 39.7 Å². The third-order valence-electron chi connectivity index (χ3n) is 3.96. The molecule has 1 fully saturated rings. The summed E-state index contributed by atoms with van der Waals surface area (Å²) in [7, 11) is 0. The number of halogens is 2. The predicted octanol–water partition coefficient (Wildman–Crippen LogP) is 1.75. The van der Waals surface area contributed by atoms with Gasteiger partial charge in [0.25, 0.3) is 5.56 Å². The molecule has 0 aliphatic heterocycles. The molecular weight excluding hydrogens is 323 g/mol. The number of carbonyl (C=O) groups excluding carboxylic acids is 1. The fourth-order valence-corrected chi connectivity index (χ4v) is 2.77. The molecule has 0 spiro atoms. The number of amides is 1. The fourth-order valence-electron chi connectivity index (χ4n) is 2.56. The van der Waals surface area contributed by atoms with E-state index < -0.39 is 22.8 Å². The molecule has 0 radical (unpaired) electrons. The molecule has 0 unspecified atom stereocenters. The summed E-state index contributed by atoms with van der Waals surface area (Å²) < 4.78 is 14.8. The molecule has 6 nitrogen and oxygen atoms in total. The lowest BCUT2D eigenvalue weighted by Gasteiger charge is -2.35. The highest BCUT2D eigenvalue weighted by Gasteiger charge is 2.38. The van der Waals surface area contributed by atoms with Gasteiger partial charge in [0.2, 0.25) is 5.91 Å². The Balaban J connectivity index is 1.89. The third-order valence-corrected chi connectivity index (χ3v) is 4.18. The Labute approximate surface area is 135 Å². The highest BCUT2D eigenvalue weighted by atomic mass is 35.5. The van der Waals surface area contributed by atoms with Crippen LogP contribution in [0.5, 0.6) is 0 Å². The molecule has 2 aromatic rings. The van der Waals surface area contributed by atoms with Crippen molar-refractivity contribution in [2.45, 2.75) is 31.3 Å². The van der Waals surface area contributed by atoms with Crippen LogP contribution in [-0.2, 0) is 11.3 Å². The first kappa shape index (κ1) is 15.4. The lowest BCUT2D eigenvalue weighted by atomic mass is 9.78. The molecule has 1 aromatic carbocycles. The number of benzene rings is 1. The largest absolute Gasteiger partial charge is 0.336 e. The number of hydrogen-bond donors (Lipinski definition) is 1. The topological polar surface area (TPSA) is 87.8 Å². The Bertz CT molecular complexity index is 899. The highest BCUT2D eigenvalue weighted by Crippen LogP contribution is 2.30. The maximum Gasteiger partial charge on any atom is 0.261 e. The number of fused-ring (bicyclic) bond motifs is 1. The first-order valence-electron chi connectivity index (χ1n) is 7.01. The van der Waals surface area contributed by atoms with Crippen molar-refractivity contribution in [1.29, 1.82) is 5.26 Å². The van der Waals surface area contributed by atoms with Crippen molar-refractivity contribution in [2.24, 2.45) is 0 Å². The maximum atomic E-state index is 13.7. The van der Waals surface area contributed by atoms with Gasteiger partial charge < -0.3 is 5.32 Å². The van der Waals surface area contributed by atoms with E-state index in [1.165, 1.54) is 6.07 Å². The number of nitrogens with zero attached hydrogens (tertiary/aromatic N) is 3. The third kappa shape index (κ3) is 2.78. The quantitative estimate of drug-likeness (QED) is 0.926. The van der Waals surface area contributed by atoms with E-state index in [1.807, 2.05) is 0 Å². The lowest BCUT2D eigenvalue weighted by molar-refractivity contribution is -0.123. The summed E-state index contributed by atoms with van der Waals surface area (Å²) in [4.78, 5) is 28.3. The average Bonchev–Trinajstić information content (AvgIpc) is 2.46. The SMILES string of the molecule is N#CC1(NC(=O)Cn2cnc3c(F)cc(Cl)cc3c2=O)CCC1. The number of nitriles is 1. The van der Waals surface area contributed by atoms with Crippen LogP contribution >= 0.6 is 11.6 Å². The van der Waals surface area contributed by atoms with Gasteiger partial charge in [0, 0.05) is 5.02 Å². The van der Waals surface area contributed by atoms with Gasteiger partial charge in [-0.05, 0) is 31.4 Å². The predicted molar refractivity (Wildman–Crippen MR) is 81.3 cm³/mol. The zero-order chi connectivity index (χ0) is 16.6. The Hall–Kier alpha value is -2.46. The van der Waals surface area contributed by atoms with Crippen molar-refractivity contribution in [3.8, 4) is 6.07 Å². The minimum absolute atomic E-state index is 0.00365. The molecule has 118 valence electrons. The molecule has 1 amide bonds. The van der Waals surface area contributed by atoms with Crippen LogP contribution in [0.4, 0.5) is 4.39 Å². The lowest BCUT2D eigenvalue weighted by Crippen LogP contribution is -2.53. The van der Waals surface area contributed by atoms with Crippen LogP contribution in [0.25, 0.3) is 10.9 Å². The minimum atomic E-state index is -0.833. The molecular formula is C15H12ClFN4O2. The summed E-state index contributed by atoms with van der Waals surface area (Å²) in [5.41, 5.74) is -1.49. The van der Waals surface area contributed by atoms with Gasteiger partial charge >= 0.3 is 0 Å². The first-order valence-corrected chi connectivity index (χ1v) is 7.38. The Morgan fingerprint density at radius 2 is 2.26 bits per heavy atom. The van der Waals surface area contributed by atoms with Gasteiger partial charge in [-0.25, -0.2) is 9.37 Å². The van der Waals surface area contributed by atoms with Crippen LogP contribution in [0.3, 0.4) is 0 Å². The molecule has 0 saturated heterocycles. The van der Waals surface area contributed by atoms with E-state index in [-0.39, 0.29) is 22.5 Å². The highest BCUT2D eigenvalue weighted by molar-refractivity contribution is 6.31. The number of carbonyl (C=O) groups is 1. The summed E-state index contributed by atoms with van der Waals surface area (Å²) >= 11 is 5.76. The monoisotopic (exact) mass is 334 g/mol. The molecule has 1 aliphatic carbocycles. The minimum Gasteiger partial charge on any atom is -0.336 e. The Kier molecular flexibility index (Phi) is 3.78. The Morgan fingerprint density at radius 3 is 2.87 bits per heavy atom. The average molecular weight is 335 g/mol. The molecule has 3 rings (SSSR count). The second-order valence-corrected chi connectivity index (χ2v) is 5.99. The molecule has 8 heteroatoms. The number of hydrogen-bond acceptors (Lipinski definition) is 4. The molecule has 1 saturated carbocycles. The van der Waals surface area contributed by atoms with Crippen molar-refractivity contribution < 1.29 is 9.18 Å². The summed E-state index contributed by atoms with van der Waals surface area (Å²) in [5, 5.41) is 11.8. The normalized spacial score (nSPS) is 15.7. The van der Waals surface area contributed by atoms with Gasteiger partial charge in [0.15, 0.2) is 5.82 Å². The second-order valence-electron chi connectivity index (χ2n) is 5.56. The van der Waals surface area contributed by atoms with Gasteiger partial charge in [-0.15, -0.1) is 0 Å². The van der Waals surface area contributed by atoms with Gasteiger partial charge in [0.1, 0.15) is 17.6 Å². The van der Waals surface area contributed by atoms with Crippen LogP contribution in [-0.4, -0.2) is 21.0 Å². The van der Waals surface area contributed by atoms with E-state index in [0.29, 0.717) is 12.8 Å². The Morgan fingerprint density at radius 1 is 1.52 bits per heavy atom. The first-order chi connectivity index (χ1) is 10.9. The zero-order valence-corrected chi connectivity index (χ0v) is 12.7. The van der Waals surface area contributed by atoms with E-state index in [4.69, 9.17) is 16.9 Å². The number of nitrogens with one attached hydrogen (secondary N) is 1. The van der Waals surface area contributed by atoms with Gasteiger partial charge in [-0.2, -0.15) is 5.26 Å². The van der Waals surface area contributed by atoms with Gasteiger partial charge in [-0.3, -0.25) is 14.2 Å². The van der Waals surface area contributed by atoms with Crippen molar-refractivity contribution in [2.75, 3.05) is 0 Å². The molecule has 1 N–H and O–H groups in total. The standard InChI is InChI=1S/C15H12ClFN4O2/c16-9-4-10-13(11(17)5-9)19-8-21(14(10)23)6-12(22)20-15(7-18)2-1-3-15/h4-5,8H,1-3,6H2,(H,20,22). The number of aromatic nitrogens is 2. The van der Waals surface area contributed by atoms with Crippen LogP contribution in [0.15, 0.2) is 23.3 Å². The van der Waals surface area contributed by atoms with E-state index in [2.05, 4.69) is 16.4 Å². The smallest absolute Gasteiger partial charge is 0.261 e. The van der Waals surface area contributed by atoms with Crippen LogP contribution in [0.1, 0.15) is 19.3 Å². The van der Waals surface area contributed by atoms with Crippen molar-refractivity contribution in [1.82, 2.24) is 14.9 Å². The molecule has 1 heterocycles. The molecule has 0 atom stereocenters. The van der Waals surface area contributed by atoms with E-state index in [9.17, 15) is 14.0 Å². The summed E-state index contributed by atoms with van der Waals surface area (Å²) in [6.45, 7) is -0.292. The summed E-state index contributed by atoms with van der Waals surface area (Å²) in [5.74, 6) is -1.16. The number of rotatable bonds is 3. The van der Waals surface area contributed by atoms with Gasteiger partial charge in [0.05, 0.1) is 17.8 Å². The van der Waals surface area contributed by atoms with Gasteiger partial charge in [-0.1, -0.05) is 11.6 Å². The molecule has 0 bridgehead atoms. The maximum absolute atomic E-state index is 13.7. The van der Waals surface area contributed by atoms with E-state index in [0.717, 1.165) is 23.4 Å². The summed E-state index contributed by atoms with van der Waals surface area (Å²) in [6, 6.07) is 4.47. The van der Waals surface area contributed by atoms with Crippen LogP contribution in [0.2, 0.25) is 5.02 Å². The second kappa shape index (κ2) is 5.63. The van der Waals surface area contributed by atoms with E-state index in [1.54, 1.807) is 0 Å². The van der Waals surface area contributed by atoms with Crippen molar-refractivity contribution >= 4 is 28.4 Å². The zero-order valence-electron chi connectivity index (χ0n) is 12.0. The molecule has 23 heavy (non-hydrogen) atoms. The molecule has 1 aromatic heterocycles. The molecule has 1 aliphatic rings. The van der Waals surface area contributed by atoms with E-state index >= 15 is 0 Å². The van der Waals surface area contributed by atoms with Crippen molar-refractivity contribution in [3.63, 3.8) is 0 Å². The summed E-state index contributed by atoms with van der Waals surface area (Å²) in [6.07, 6.45) is 3.19. The van der Waals surface area contributed by atoms with Crippen LogP contribution in [0, 0.1) is 17.1 Å². The fraction of sp³-hybridized carbons (Fsp3) is 0.333.